The van der Waals surface area contributed by atoms with E-state index >= 15 is 0 Å². The van der Waals surface area contributed by atoms with E-state index in [2.05, 4.69) is 10.2 Å². The zero-order valence-corrected chi connectivity index (χ0v) is 16.7. The van der Waals surface area contributed by atoms with Gasteiger partial charge in [-0.3, -0.25) is 9.89 Å². The van der Waals surface area contributed by atoms with Gasteiger partial charge in [-0.25, -0.2) is 0 Å². The zero-order valence-electron chi connectivity index (χ0n) is 16.7. The summed E-state index contributed by atoms with van der Waals surface area (Å²) in [6.45, 7) is 0. The smallest absolute Gasteiger partial charge is 0.186 e. The second kappa shape index (κ2) is 8.97. The number of H-pyrrole nitrogens is 1. The highest BCUT2D eigenvalue weighted by atomic mass is 16.5. The first-order valence-electron chi connectivity index (χ1n) is 8.81. The fourth-order valence-electron chi connectivity index (χ4n) is 2.78. The normalized spacial score (nSPS) is 10.8. The summed E-state index contributed by atoms with van der Waals surface area (Å²) in [6, 6.07) is 12.4. The molecule has 1 N–H and O–H groups in total. The molecule has 0 saturated carbocycles. The standard InChI is InChI=1S/C22H22N2O5/c1-26-17-9-15(10-18(13-17)27-2)19-12-16(23-24-19)6-7-20(25)14-5-8-21(28-3)22(11-14)29-4/h5-13H,1-4H3,(H,23,24)/b7-6+. The van der Waals surface area contributed by atoms with E-state index in [1.807, 2.05) is 18.2 Å². The molecule has 7 heteroatoms. The van der Waals surface area contributed by atoms with Crippen LogP contribution in [0.1, 0.15) is 16.1 Å². The van der Waals surface area contributed by atoms with Crippen LogP contribution in [0, 0.1) is 0 Å². The van der Waals surface area contributed by atoms with Gasteiger partial charge in [-0.05, 0) is 48.6 Å². The summed E-state index contributed by atoms with van der Waals surface area (Å²) in [5.74, 6) is 2.25. The molecule has 0 aliphatic heterocycles. The first kappa shape index (κ1) is 20.0. The predicted octanol–water partition coefficient (Wildman–Crippen LogP) is 4.01. The maximum Gasteiger partial charge on any atom is 0.186 e. The van der Waals surface area contributed by atoms with E-state index < -0.39 is 0 Å². The molecule has 3 aromatic rings. The Kier molecular flexibility index (Phi) is 6.19. The minimum Gasteiger partial charge on any atom is -0.497 e. The van der Waals surface area contributed by atoms with Crippen molar-refractivity contribution in [1.29, 1.82) is 0 Å². The van der Waals surface area contributed by atoms with Gasteiger partial charge in [-0.15, -0.1) is 0 Å². The van der Waals surface area contributed by atoms with E-state index in [1.54, 1.807) is 51.7 Å². The molecule has 0 aliphatic rings. The Morgan fingerprint density at radius 2 is 1.55 bits per heavy atom. The molecule has 1 heterocycles. The van der Waals surface area contributed by atoms with Gasteiger partial charge in [0.05, 0.1) is 39.8 Å². The van der Waals surface area contributed by atoms with Gasteiger partial charge in [0, 0.05) is 17.2 Å². The molecule has 0 amide bonds. The Hall–Kier alpha value is -3.74. The molecule has 0 radical (unpaired) electrons. The number of nitrogens with zero attached hydrogens (tertiary/aromatic N) is 1. The van der Waals surface area contributed by atoms with Crippen LogP contribution in [-0.2, 0) is 0 Å². The summed E-state index contributed by atoms with van der Waals surface area (Å²) >= 11 is 0. The number of aromatic amines is 1. The quantitative estimate of drug-likeness (QED) is 0.459. The van der Waals surface area contributed by atoms with Crippen LogP contribution in [0.25, 0.3) is 17.3 Å². The SMILES string of the molecule is COc1cc(OC)cc(-c2cc(/C=C/C(=O)c3ccc(OC)c(OC)c3)[nH]n2)c1. The number of allylic oxidation sites excluding steroid dienone is 1. The van der Waals surface area contributed by atoms with Crippen LogP contribution in [0.3, 0.4) is 0 Å². The molecule has 0 fully saturated rings. The van der Waals surface area contributed by atoms with Crippen LogP contribution in [0.4, 0.5) is 0 Å². The molecular weight excluding hydrogens is 372 g/mol. The number of aromatic nitrogens is 2. The number of carbonyl (C=O) groups is 1. The molecule has 3 rings (SSSR count). The molecule has 0 bridgehead atoms. The van der Waals surface area contributed by atoms with Crippen molar-refractivity contribution < 1.29 is 23.7 Å². The van der Waals surface area contributed by atoms with Crippen molar-refractivity contribution in [1.82, 2.24) is 10.2 Å². The van der Waals surface area contributed by atoms with Crippen LogP contribution in [0.2, 0.25) is 0 Å². The molecule has 1 aromatic heterocycles. The Bertz CT molecular complexity index is 1020. The van der Waals surface area contributed by atoms with E-state index in [9.17, 15) is 4.79 Å². The van der Waals surface area contributed by atoms with Gasteiger partial charge in [0.2, 0.25) is 0 Å². The number of rotatable bonds is 8. The van der Waals surface area contributed by atoms with Crippen LogP contribution in [0.15, 0.2) is 48.5 Å². The van der Waals surface area contributed by atoms with E-state index in [0.717, 1.165) is 5.56 Å². The fourth-order valence-corrected chi connectivity index (χ4v) is 2.78. The number of ether oxygens (including phenoxy) is 4. The summed E-state index contributed by atoms with van der Waals surface area (Å²) in [7, 11) is 6.27. The minimum atomic E-state index is -0.162. The molecule has 0 aliphatic carbocycles. The lowest BCUT2D eigenvalue weighted by Gasteiger charge is -2.07. The number of carbonyl (C=O) groups excluding carboxylic acids is 1. The second-order valence-corrected chi connectivity index (χ2v) is 6.08. The van der Waals surface area contributed by atoms with Gasteiger partial charge >= 0.3 is 0 Å². The van der Waals surface area contributed by atoms with Crippen molar-refractivity contribution in [3.63, 3.8) is 0 Å². The lowest BCUT2D eigenvalue weighted by molar-refractivity contribution is 0.104. The summed E-state index contributed by atoms with van der Waals surface area (Å²) < 4.78 is 21.0. The van der Waals surface area contributed by atoms with E-state index in [0.29, 0.717) is 39.9 Å². The summed E-state index contributed by atoms with van der Waals surface area (Å²) in [5, 5.41) is 7.21. The lowest BCUT2D eigenvalue weighted by Crippen LogP contribution is -1.97. The Balaban J connectivity index is 1.79. The zero-order chi connectivity index (χ0) is 20.8. The van der Waals surface area contributed by atoms with Crippen LogP contribution in [-0.4, -0.2) is 44.4 Å². The first-order valence-corrected chi connectivity index (χ1v) is 8.81. The highest BCUT2D eigenvalue weighted by Gasteiger charge is 2.10. The topological polar surface area (TPSA) is 82.7 Å². The predicted molar refractivity (Wildman–Crippen MR) is 110 cm³/mol. The van der Waals surface area contributed by atoms with Crippen molar-refractivity contribution in [3.8, 4) is 34.3 Å². The van der Waals surface area contributed by atoms with Gasteiger partial charge in [-0.2, -0.15) is 5.10 Å². The number of hydrogen-bond donors (Lipinski definition) is 1. The Morgan fingerprint density at radius 1 is 0.862 bits per heavy atom. The third kappa shape index (κ3) is 4.57. The van der Waals surface area contributed by atoms with Crippen LogP contribution >= 0.6 is 0 Å². The van der Waals surface area contributed by atoms with Gasteiger partial charge in [0.1, 0.15) is 11.5 Å². The van der Waals surface area contributed by atoms with Gasteiger partial charge in [0.25, 0.3) is 0 Å². The number of nitrogens with one attached hydrogen (secondary N) is 1. The van der Waals surface area contributed by atoms with Gasteiger partial charge < -0.3 is 18.9 Å². The van der Waals surface area contributed by atoms with Crippen molar-refractivity contribution in [2.75, 3.05) is 28.4 Å². The second-order valence-electron chi connectivity index (χ2n) is 6.08. The van der Waals surface area contributed by atoms with Crippen LogP contribution in [0.5, 0.6) is 23.0 Å². The van der Waals surface area contributed by atoms with Crippen molar-refractivity contribution in [2.24, 2.45) is 0 Å². The highest BCUT2D eigenvalue weighted by Crippen LogP contribution is 2.30. The average molecular weight is 394 g/mol. The highest BCUT2D eigenvalue weighted by molar-refractivity contribution is 6.07. The van der Waals surface area contributed by atoms with Crippen molar-refractivity contribution >= 4 is 11.9 Å². The molecule has 7 nitrogen and oxygen atoms in total. The van der Waals surface area contributed by atoms with Crippen molar-refractivity contribution in [2.45, 2.75) is 0 Å². The molecule has 0 unspecified atom stereocenters. The Morgan fingerprint density at radius 3 is 2.17 bits per heavy atom. The molecular formula is C22H22N2O5. The fraction of sp³-hybridized carbons (Fsp3) is 0.182. The first-order chi connectivity index (χ1) is 14.1. The number of benzene rings is 2. The molecule has 0 spiro atoms. The maximum atomic E-state index is 12.5. The van der Waals surface area contributed by atoms with Gasteiger partial charge in [0.15, 0.2) is 17.3 Å². The van der Waals surface area contributed by atoms with Gasteiger partial charge in [-0.1, -0.05) is 0 Å². The number of hydrogen-bond acceptors (Lipinski definition) is 6. The number of methoxy groups -OCH3 is 4. The van der Waals surface area contributed by atoms with Crippen LogP contribution < -0.4 is 18.9 Å². The summed E-state index contributed by atoms with van der Waals surface area (Å²) in [4.78, 5) is 12.5. The maximum absolute atomic E-state index is 12.5. The average Bonchev–Trinajstić information content (AvgIpc) is 3.25. The minimum absolute atomic E-state index is 0.162. The largest absolute Gasteiger partial charge is 0.497 e. The molecule has 150 valence electrons. The summed E-state index contributed by atoms with van der Waals surface area (Å²) in [6.07, 6.45) is 3.15. The molecule has 2 aromatic carbocycles. The monoisotopic (exact) mass is 394 g/mol. The third-order valence-electron chi connectivity index (χ3n) is 4.33. The Labute approximate surface area is 168 Å². The van der Waals surface area contributed by atoms with E-state index in [1.165, 1.54) is 13.2 Å². The summed E-state index contributed by atoms with van der Waals surface area (Å²) in [5.41, 5.74) is 2.73. The number of ketones is 1. The van der Waals surface area contributed by atoms with E-state index in [-0.39, 0.29) is 5.78 Å². The third-order valence-corrected chi connectivity index (χ3v) is 4.33. The lowest BCUT2D eigenvalue weighted by atomic mass is 10.1. The molecule has 0 atom stereocenters. The van der Waals surface area contributed by atoms with E-state index in [4.69, 9.17) is 18.9 Å². The molecule has 0 saturated heterocycles. The molecule has 29 heavy (non-hydrogen) atoms. The van der Waals surface area contributed by atoms with Crippen molar-refractivity contribution in [3.05, 3.63) is 59.8 Å².